The van der Waals surface area contributed by atoms with E-state index in [0.29, 0.717) is 10.8 Å². The van der Waals surface area contributed by atoms with E-state index in [9.17, 15) is 17.6 Å². The van der Waals surface area contributed by atoms with Crippen molar-refractivity contribution < 1.29 is 26.7 Å². The molecule has 0 amide bonds. The van der Waals surface area contributed by atoms with Crippen molar-refractivity contribution in [2.24, 2.45) is 0 Å². The Morgan fingerprint density at radius 1 is 0.658 bits per heavy atom. The van der Waals surface area contributed by atoms with Crippen molar-refractivity contribution in [2.45, 2.75) is 64.9 Å². The van der Waals surface area contributed by atoms with Gasteiger partial charge in [-0.1, -0.05) is 87.2 Å². The molecule has 0 aliphatic rings. The molecule has 4 rings (SSSR count). The highest BCUT2D eigenvalue weighted by molar-refractivity contribution is 5.89. The van der Waals surface area contributed by atoms with Gasteiger partial charge in [0.2, 0.25) is 0 Å². The summed E-state index contributed by atoms with van der Waals surface area (Å²) in [6, 6.07) is 18.9. The molecule has 0 spiro atoms. The van der Waals surface area contributed by atoms with E-state index in [1.165, 1.54) is 49.3 Å². The third-order valence-electron chi connectivity index (χ3n) is 6.83. The molecule has 0 heterocycles. The van der Waals surface area contributed by atoms with Crippen LogP contribution in [0.2, 0.25) is 0 Å². The van der Waals surface area contributed by atoms with E-state index >= 15 is 4.39 Å². The second kappa shape index (κ2) is 12.9. The predicted molar refractivity (Wildman–Crippen MR) is 142 cm³/mol. The van der Waals surface area contributed by atoms with Gasteiger partial charge in [0.1, 0.15) is 5.82 Å². The van der Waals surface area contributed by atoms with E-state index in [-0.39, 0.29) is 11.1 Å². The number of hydrogen-bond donors (Lipinski definition) is 0. The fourth-order valence-corrected chi connectivity index (χ4v) is 4.73. The molecule has 38 heavy (non-hydrogen) atoms. The molecule has 4 aromatic rings. The molecule has 0 saturated heterocycles. The Balaban J connectivity index is 1.43. The van der Waals surface area contributed by atoms with Crippen LogP contribution in [0.4, 0.5) is 22.0 Å². The lowest BCUT2D eigenvalue weighted by atomic mass is 9.96. The highest BCUT2D eigenvalue weighted by atomic mass is 19.3. The molecular weight excluding hydrogens is 495 g/mol. The topological polar surface area (TPSA) is 9.23 Å². The minimum Gasteiger partial charge on any atom is -0.429 e. The highest BCUT2D eigenvalue weighted by Crippen LogP contribution is 2.34. The summed E-state index contributed by atoms with van der Waals surface area (Å²) in [6.07, 6.45) is 9.10. The van der Waals surface area contributed by atoms with Crippen LogP contribution in [0, 0.1) is 17.5 Å². The highest BCUT2D eigenvalue weighted by Gasteiger charge is 2.19. The molecule has 0 bridgehead atoms. The average Bonchev–Trinajstić information content (AvgIpc) is 2.90. The minimum absolute atomic E-state index is 0.0305. The Labute approximate surface area is 220 Å². The normalized spacial score (nSPS) is 11.4. The van der Waals surface area contributed by atoms with Crippen molar-refractivity contribution in [1.29, 1.82) is 0 Å². The number of ether oxygens (including phenoxy) is 1. The zero-order valence-electron chi connectivity index (χ0n) is 21.4. The minimum atomic E-state index is -3.37. The number of hydrogen-bond acceptors (Lipinski definition) is 1. The lowest BCUT2D eigenvalue weighted by Crippen LogP contribution is -2.06. The van der Waals surface area contributed by atoms with Gasteiger partial charge >= 0.3 is 6.61 Å². The summed E-state index contributed by atoms with van der Waals surface area (Å²) in [5.41, 5.74) is 3.52. The van der Waals surface area contributed by atoms with Gasteiger partial charge in [0.15, 0.2) is 17.4 Å². The molecular formula is C32H31F5O. The molecule has 0 aliphatic heterocycles. The number of halogens is 5. The SMILES string of the molecule is CCCCCCCc1ccc(CCc2ccc3c(F)c(-c4cc(F)c(OC(F)F)c(F)c4)ccc3c2)cc1. The maximum atomic E-state index is 15.3. The molecule has 0 unspecified atom stereocenters. The molecule has 0 aromatic heterocycles. The van der Waals surface area contributed by atoms with Crippen molar-refractivity contribution >= 4 is 10.8 Å². The van der Waals surface area contributed by atoms with Gasteiger partial charge in [-0.3, -0.25) is 0 Å². The van der Waals surface area contributed by atoms with Crippen molar-refractivity contribution in [3.8, 4) is 16.9 Å². The van der Waals surface area contributed by atoms with Gasteiger partial charge in [0.05, 0.1) is 0 Å². The zero-order chi connectivity index (χ0) is 27.1. The third-order valence-corrected chi connectivity index (χ3v) is 6.83. The van der Waals surface area contributed by atoms with E-state index in [1.54, 1.807) is 12.1 Å². The van der Waals surface area contributed by atoms with Crippen molar-refractivity contribution in [3.63, 3.8) is 0 Å². The zero-order valence-corrected chi connectivity index (χ0v) is 21.4. The number of unbranched alkanes of at least 4 members (excludes halogenated alkanes) is 4. The van der Waals surface area contributed by atoms with E-state index in [4.69, 9.17) is 0 Å². The summed E-state index contributed by atoms with van der Waals surface area (Å²) in [6.45, 7) is -1.15. The van der Waals surface area contributed by atoms with E-state index in [0.717, 1.165) is 37.0 Å². The maximum absolute atomic E-state index is 15.3. The van der Waals surface area contributed by atoms with Crippen LogP contribution in [-0.4, -0.2) is 6.61 Å². The summed E-state index contributed by atoms with van der Waals surface area (Å²) in [5.74, 6) is -4.47. The number of benzene rings is 4. The Hall–Kier alpha value is -3.41. The predicted octanol–water partition coefficient (Wildman–Crippen LogP) is 9.82. The second-order valence-corrected chi connectivity index (χ2v) is 9.61. The van der Waals surface area contributed by atoms with Crippen molar-refractivity contribution in [3.05, 3.63) is 101 Å². The van der Waals surface area contributed by atoms with Crippen LogP contribution in [0.3, 0.4) is 0 Å². The fourth-order valence-electron chi connectivity index (χ4n) is 4.73. The quantitative estimate of drug-likeness (QED) is 0.132. The van der Waals surface area contributed by atoms with Crippen molar-refractivity contribution in [1.82, 2.24) is 0 Å². The largest absolute Gasteiger partial charge is 0.429 e. The Bertz CT molecular complexity index is 1340. The molecule has 0 radical (unpaired) electrons. The number of aryl methyl sites for hydroxylation is 3. The van der Waals surface area contributed by atoms with Gasteiger partial charge in [-0.2, -0.15) is 8.78 Å². The first kappa shape index (κ1) is 27.6. The average molecular weight is 527 g/mol. The molecule has 0 atom stereocenters. The smallest absolute Gasteiger partial charge is 0.387 e. The molecule has 200 valence electrons. The van der Waals surface area contributed by atoms with Gasteiger partial charge in [0, 0.05) is 10.9 Å². The third kappa shape index (κ3) is 6.91. The summed E-state index contributed by atoms with van der Waals surface area (Å²) in [4.78, 5) is 0. The van der Waals surface area contributed by atoms with E-state index in [2.05, 4.69) is 35.9 Å². The van der Waals surface area contributed by atoms with Crippen molar-refractivity contribution in [2.75, 3.05) is 0 Å². The Morgan fingerprint density at radius 3 is 1.92 bits per heavy atom. The van der Waals surface area contributed by atoms with Crippen LogP contribution in [0.25, 0.3) is 21.9 Å². The van der Waals surface area contributed by atoms with Gasteiger partial charge in [-0.15, -0.1) is 0 Å². The lowest BCUT2D eigenvalue weighted by Gasteiger charge is -2.12. The molecule has 0 saturated carbocycles. The summed E-state index contributed by atoms with van der Waals surface area (Å²) in [7, 11) is 0. The van der Waals surface area contributed by atoms with Crippen LogP contribution in [0.1, 0.15) is 55.7 Å². The number of alkyl halides is 2. The lowest BCUT2D eigenvalue weighted by molar-refractivity contribution is -0.0546. The second-order valence-electron chi connectivity index (χ2n) is 9.61. The van der Waals surface area contributed by atoms with Crippen LogP contribution in [0.15, 0.2) is 66.7 Å². The number of rotatable bonds is 12. The summed E-state index contributed by atoms with van der Waals surface area (Å²) in [5, 5.41) is 0.976. The van der Waals surface area contributed by atoms with Gasteiger partial charge in [0.25, 0.3) is 0 Å². The monoisotopic (exact) mass is 526 g/mol. The van der Waals surface area contributed by atoms with Crippen LogP contribution in [0.5, 0.6) is 5.75 Å². The summed E-state index contributed by atoms with van der Waals surface area (Å²) >= 11 is 0. The van der Waals surface area contributed by atoms with Gasteiger partial charge in [-0.05, 0) is 65.5 Å². The van der Waals surface area contributed by atoms with Crippen LogP contribution >= 0.6 is 0 Å². The van der Waals surface area contributed by atoms with E-state index in [1.807, 2.05) is 12.1 Å². The first-order valence-corrected chi connectivity index (χ1v) is 13.1. The molecule has 1 nitrogen and oxygen atoms in total. The first-order valence-electron chi connectivity index (χ1n) is 13.1. The number of fused-ring (bicyclic) bond motifs is 1. The molecule has 4 aromatic carbocycles. The molecule has 6 heteroatoms. The standard InChI is InChI=1S/C32H31F5O/c1-2-3-4-5-6-7-21-8-10-22(11-9-21)12-13-23-14-16-26-24(18-23)15-17-27(30(26)35)25-19-28(33)31(29(34)20-25)38-32(36)37/h8-11,14-20,32H,2-7,12-13H2,1H3. The van der Waals surface area contributed by atoms with E-state index < -0.39 is 29.8 Å². The Kier molecular flexibility index (Phi) is 9.38. The fraction of sp³-hybridized carbons (Fsp3) is 0.312. The summed E-state index contributed by atoms with van der Waals surface area (Å²) < 4.78 is 72.3. The van der Waals surface area contributed by atoms with Gasteiger partial charge in [-0.25, -0.2) is 13.2 Å². The van der Waals surface area contributed by atoms with Gasteiger partial charge < -0.3 is 4.74 Å². The maximum Gasteiger partial charge on any atom is 0.387 e. The first-order chi connectivity index (χ1) is 18.4. The molecule has 0 fully saturated rings. The molecule has 0 aliphatic carbocycles. The molecule has 0 N–H and O–H groups in total. The van der Waals surface area contributed by atoms with Crippen LogP contribution < -0.4 is 4.74 Å². The Morgan fingerprint density at radius 2 is 1.26 bits per heavy atom. The van der Waals surface area contributed by atoms with Crippen LogP contribution in [-0.2, 0) is 19.3 Å².